The third-order valence-electron chi connectivity index (χ3n) is 1.90. The summed E-state index contributed by atoms with van der Waals surface area (Å²) in [6, 6.07) is -0.0918. The number of sulfonamides is 1. The SMILES string of the molecule is CC(C)CC(C)NS(=O)(=O)c1cnc(Cl)s1. The van der Waals surface area contributed by atoms with E-state index in [1.807, 2.05) is 20.8 Å². The molecule has 1 heterocycles. The Kier molecular flexibility index (Phi) is 4.73. The molecular weight excluding hydrogens is 268 g/mol. The third kappa shape index (κ3) is 4.01. The molecule has 1 aromatic heterocycles. The molecule has 0 aliphatic rings. The molecule has 0 saturated carbocycles. The van der Waals surface area contributed by atoms with Crippen molar-refractivity contribution in [2.24, 2.45) is 5.92 Å². The first kappa shape index (κ1) is 13.9. The van der Waals surface area contributed by atoms with Crippen LogP contribution in [0, 0.1) is 5.92 Å². The van der Waals surface area contributed by atoms with E-state index in [2.05, 4.69) is 9.71 Å². The van der Waals surface area contributed by atoms with Gasteiger partial charge in [0.05, 0.1) is 6.20 Å². The second-order valence-corrected chi connectivity index (χ2v) is 7.64. The monoisotopic (exact) mass is 282 g/mol. The van der Waals surface area contributed by atoms with Crippen molar-refractivity contribution in [2.75, 3.05) is 0 Å². The standard InChI is InChI=1S/C9H15ClN2O2S2/c1-6(2)4-7(3)12-16(13,14)8-5-11-9(10)15-8/h5-7,12H,4H2,1-3H3. The van der Waals surface area contributed by atoms with Crippen LogP contribution >= 0.6 is 22.9 Å². The Morgan fingerprint density at radius 2 is 2.12 bits per heavy atom. The smallest absolute Gasteiger partial charge is 0.232 e. The van der Waals surface area contributed by atoms with Gasteiger partial charge in [0.1, 0.15) is 0 Å². The van der Waals surface area contributed by atoms with E-state index >= 15 is 0 Å². The molecule has 0 bridgehead atoms. The largest absolute Gasteiger partial charge is 0.251 e. The van der Waals surface area contributed by atoms with E-state index in [0.29, 0.717) is 5.92 Å². The van der Waals surface area contributed by atoms with Crippen molar-refractivity contribution in [2.45, 2.75) is 37.4 Å². The van der Waals surface area contributed by atoms with E-state index in [9.17, 15) is 8.42 Å². The van der Waals surface area contributed by atoms with Crippen LogP contribution in [0.3, 0.4) is 0 Å². The van der Waals surface area contributed by atoms with Crippen molar-refractivity contribution >= 4 is 33.0 Å². The van der Waals surface area contributed by atoms with Crippen LogP contribution in [-0.4, -0.2) is 19.4 Å². The highest BCUT2D eigenvalue weighted by molar-refractivity contribution is 7.91. The normalized spacial score (nSPS) is 14.3. The van der Waals surface area contributed by atoms with Crippen molar-refractivity contribution in [1.29, 1.82) is 0 Å². The number of thiazole rings is 1. The van der Waals surface area contributed by atoms with Gasteiger partial charge in [0.25, 0.3) is 10.0 Å². The van der Waals surface area contributed by atoms with Crippen LogP contribution in [0.5, 0.6) is 0 Å². The molecule has 7 heteroatoms. The molecule has 4 nitrogen and oxygen atoms in total. The lowest BCUT2D eigenvalue weighted by atomic mass is 10.1. The van der Waals surface area contributed by atoms with Gasteiger partial charge in [0.2, 0.25) is 0 Å². The molecule has 16 heavy (non-hydrogen) atoms. The van der Waals surface area contributed by atoms with E-state index in [-0.39, 0.29) is 14.7 Å². The Morgan fingerprint density at radius 3 is 2.56 bits per heavy atom. The van der Waals surface area contributed by atoms with Crippen molar-refractivity contribution in [3.63, 3.8) is 0 Å². The van der Waals surface area contributed by atoms with Crippen LogP contribution < -0.4 is 4.72 Å². The second-order valence-electron chi connectivity index (χ2n) is 4.08. The second kappa shape index (κ2) is 5.44. The fourth-order valence-electron chi connectivity index (χ4n) is 1.44. The van der Waals surface area contributed by atoms with Gasteiger partial charge in [-0.25, -0.2) is 18.1 Å². The highest BCUT2D eigenvalue weighted by Gasteiger charge is 2.20. The third-order valence-corrected chi connectivity index (χ3v) is 5.07. The minimum Gasteiger partial charge on any atom is -0.232 e. The number of halogens is 1. The molecule has 1 unspecified atom stereocenters. The molecule has 1 aromatic rings. The Balaban J connectivity index is 2.73. The van der Waals surface area contributed by atoms with Crippen LogP contribution in [0.2, 0.25) is 4.47 Å². The molecular formula is C9H15ClN2O2S2. The maximum atomic E-state index is 11.8. The maximum absolute atomic E-state index is 11.8. The summed E-state index contributed by atoms with van der Waals surface area (Å²) >= 11 is 6.56. The number of hydrogen-bond acceptors (Lipinski definition) is 4. The maximum Gasteiger partial charge on any atom is 0.251 e. The van der Waals surface area contributed by atoms with Gasteiger partial charge in [-0.3, -0.25) is 0 Å². The highest BCUT2D eigenvalue weighted by atomic mass is 35.5. The van der Waals surface area contributed by atoms with Crippen molar-refractivity contribution in [3.05, 3.63) is 10.7 Å². The Hall–Kier alpha value is -0.170. The lowest BCUT2D eigenvalue weighted by Crippen LogP contribution is -2.33. The van der Waals surface area contributed by atoms with Crippen LogP contribution in [0.25, 0.3) is 0 Å². The van der Waals surface area contributed by atoms with Gasteiger partial charge in [-0.1, -0.05) is 36.8 Å². The zero-order valence-electron chi connectivity index (χ0n) is 9.40. The van der Waals surface area contributed by atoms with Crippen molar-refractivity contribution in [3.8, 4) is 0 Å². The quantitative estimate of drug-likeness (QED) is 0.903. The number of hydrogen-bond donors (Lipinski definition) is 1. The Bertz CT molecular complexity index is 442. The van der Waals surface area contributed by atoms with Crippen LogP contribution in [0.15, 0.2) is 10.4 Å². The summed E-state index contributed by atoms with van der Waals surface area (Å²) in [6.45, 7) is 5.95. The molecule has 0 aliphatic heterocycles. The van der Waals surface area contributed by atoms with Gasteiger partial charge < -0.3 is 0 Å². The van der Waals surface area contributed by atoms with Crippen LogP contribution in [0.1, 0.15) is 27.2 Å². The molecule has 0 radical (unpaired) electrons. The molecule has 0 aromatic carbocycles. The highest BCUT2D eigenvalue weighted by Crippen LogP contribution is 2.22. The van der Waals surface area contributed by atoms with Gasteiger partial charge in [0, 0.05) is 6.04 Å². The summed E-state index contributed by atoms with van der Waals surface area (Å²) in [5.74, 6) is 0.447. The summed E-state index contributed by atoms with van der Waals surface area (Å²) in [7, 11) is -3.46. The molecule has 1 N–H and O–H groups in total. The minimum atomic E-state index is -3.46. The Labute approximate surface area is 105 Å². The van der Waals surface area contributed by atoms with E-state index in [1.165, 1.54) is 6.20 Å². The average Bonchev–Trinajstić information content (AvgIpc) is 2.49. The van der Waals surface area contributed by atoms with Crippen LogP contribution in [0.4, 0.5) is 0 Å². The van der Waals surface area contributed by atoms with Gasteiger partial charge >= 0.3 is 0 Å². The number of nitrogens with zero attached hydrogens (tertiary/aromatic N) is 1. The first-order chi connectivity index (χ1) is 7.31. The zero-order chi connectivity index (χ0) is 12.3. The minimum absolute atomic E-state index is 0.0918. The Morgan fingerprint density at radius 1 is 1.50 bits per heavy atom. The summed E-state index contributed by atoms with van der Waals surface area (Å²) in [6.07, 6.45) is 2.07. The molecule has 0 aliphatic carbocycles. The van der Waals surface area contributed by atoms with Crippen molar-refractivity contribution < 1.29 is 8.42 Å². The van der Waals surface area contributed by atoms with E-state index in [0.717, 1.165) is 17.8 Å². The van der Waals surface area contributed by atoms with Crippen molar-refractivity contribution in [1.82, 2.24) is 9.71 Å². The topological polar surface area (TPSA) is 59.1 Å². The predicted molar refractivity (Wildman–Crippen MR) is 66.4 cm³/mol. The predicted octanol–water partition coefficient (Wildman–Crippen LogP) is 2.51. The molecule has 0 saturated heterocycles. The average molecular weight is 283 g/mol. The fourth-order valence-corrected chi connectivity index (χ4v) is 4.01. The molecule has 0 fully saturated rings. The van der Waals surface area contributed by atoms with Gasteiger partial charge in [-0.05, 0) is 19.3 Å². The number of aromatic nitrogens is 1. The van der Waals surface area contributed by atoms with Gasteiger partial charge in [-0.15, -0.1) is 0 Å². The lowest BCUT2D eigenvalue weighted by Gasteiger charge is -2.14. The fraction of sp³-hybridized carbons (Fsp3) is 0.667. The first-order valence-electron chi connectivity index (χ1n) is 4.95. The summed E-state index contributed by atoms with van der Waals surface area (Å²) in [4.78, 5) is 3.72. The lowest BCUT2D eigenvalue weighted by molar-refractivity contribution is 0.483. The molecule has 92 valence electrons. The van der Waals surface area contributed by atoms with E-state index in [4.69, 9.17) is 11.6 Å². The summed E-state index contributed by atoms with van der Waals surface area (Å²) in [5.41, 5.74) is 0. The summed E-state index contributed by atoms with van der Waals surface area (Å²) in [5, 5.41) is 0. The van der Waals surface area contributed by atoms with Crippen LogP contribution in [-0.2, 0) is 10.0 Å². The molecule has 1 rings (SSSR count). The molecule has 0 spiro atoms. The van der Waals surface area contributed by atoms with E-state index < -0.39 is 10.0 Å². The van der Waals surface area contributed by atoms with Gasteiger partial charge in [-0.2, -0.15) is 0 Å². The molecule has 1 atom stereocenters. The summed E-state index contributed by atoms with van der Waals surface area (Å²) < 4.78 is 26.7. The number of rotatable bonds is 5. The van der Waals surface area contributed by atoms with E-state index in [1.54, 1.807) is 0 Å². The van der Waals surface area contributed by atoms with Gasteiger partial charge in [0.15, 0.2) is 8.68 Å². The molecule has 0 amide bonds. The number of nitrogens with one attached hydrogen (secondary N) is 1. The first-order valence-corrected chi connectivity index (χ1v) is 7.62. The zero-order valence-corrected chi connectivity index (χ0v) is 11.8.